The lowest BCUT2D eigenvalue weighted by Crippen LogP contribution is -2.26. The average Bonchev–Trinajstić information content (AvgIpc) is 2.92. The van der Waals surface area contributed by atoms with Crippen molar-refractivity contribution in [2.24, 2.45) is 0 Å². The lowest BCUT2D eigenvalue weighted by atomic mass is 10.2. The Balaban J connectivity index is 2.07. The van der Waals surface area contributed by atoms with Crippen LogP contribution in [0.4, 0.5) is 0 Å². The van der Waals surface area contributed by atoms with Gasteiger partial charge in [-0.3, -0.25) is 9.78 Å². The molecule has 2 aromatic heterocycles. The van der Waals surface area contributed by atoms with Crippen LogP contribution in [0.25, 0.3) is 0 Å². The zero-order valence-corrected chi connectivity index (χ0v) is 12.8. The summed E-state index contributed by atoms with van der Waals surface area (Å²) in [5, 5.41) is 10.6. The molecule has 2 aromatic rings. The number of pyridine rings is 1. The van der Waals surface area contributed by atoms with Crippen LogP contribution in [0.2, 0.25) is 0 Å². The highest BCUT2D eigenvalue weighted by atomic mass is 32.1. The second-order valence-corrected chi connectivity index (χ2v) is 5.55. The van der Waals surface area contributed by atoms with Gasteiger partial charge in [-0.25, -0.2) is 0 Å². The van der Waals surface area contributed by atoms with Gasteiger partial charge in [0.2, 0.25) is 0 Å². The van der Waals surface area contributed by atoms with Crippen molar-refractivity contribution < 1.29 is 9.90 Å². The summed E-state index contributed by atoms with van der Waals surface area (Å²) in [4.78, 5) is 19.2. The zero-order valence-electron chi connectivity index (χ0n) is 12.0. The number of aliphatic hydroxyl groups excluding tert-OH is 1. The van der Waals surface area contributed by atoms with E-state index in [9.17, 15) is 4.79 Å². The Kier molecular flexibility index (Phi) is 5.09. The number of amides is 1. The summed E-state index contributed by atoms with van der Waals surface area (Å²) in [6, 6.07) is 5.49. The fraction of sp³-hybridized carbons (Fsp3) is 0.250. The van der Waals surface area contributed by atoms with E-state index in [-0.39, 0.29) is 12.5 Å². The van der Waals surface area contributed by atoms with Crippen LogP contribution in [-0.4, -0.2) is 34.6 Å². The van der Waals surface area contributed by atoms with Gasteiger partial charge < -0.3 is 10.0 Å². The number of carbonyl (C=O) groups excluding carboxylic acids is 1. The summed E-state index contributed by atoms with van der Waals surface area (Å²) in [5.74, 6) is 5.42. The van der Waals surface area contributed by atoms with Crippen LogP contribution in [0.15, 0.2) is 29.8 Å². The fourth-order valence-corrected chi connectivity index (χ4v) is 2.76. The van der Waals surface area contributed by atoms with Crippen LogP contribution < -0.4 is 0 Å². The summed E-state index contributed by atoms with van der Waals surface area (Å²) in [6.45, 7) is 2.21. The molecule has 1 N–H and O–H groups in total. The maximum absolute atomic E-state index is 12.4. The van der Waals surface area contributed by atoms with Crippen LogP contribution in [0.3, 0.4) is 0 Å². The van der Waals surface area contributed by atoms with Crippen LogP contribution in [0.5, 0.6) is 0 Å². The van der Waals surface area contributed by atoms with Crippen LogP contribution in [-0.2, 0) is 6.54 Å². The Morgan fingerprint density at radius 2 is 2.33 bits per heavy atom. The lowest BCUT2D eigenvalue weighted by Gasteiger charge is -2.17. The zero-order chi connectivity index (χ0) is 15.2. The minimum absolute atomic E-state index is 0.0445. The van der Waals surface area contributed by atoms with Gasteiger partial charge in [-0.1, -0.05) is 11.8 Å². The van der Waals surface area contributed by atoms with Gasteiger partial charge in [-0.05, 0) is 25.1 Å². The molecular formula is C16H16N2O2S. The predicted octanol–water partition coefficient (Wildman–Crippen LogP) is 2.07. The quantitative estimate of drug-likeness (QED) is 0.883. The molecule has 4 nitrogen and oxygen atoms in total. The molecule has 21 heavy (non-hydrogen) atoms. The van der Waals surface area contributed by atoms with Crippen molar-refractivity contribution >= 4 is 17.2 Å². The maximum atomic E-state index is 12.4. The number of rotatable bonds is 3. The van der Waals surface area contributed by atoms with Crippen molar-refractivity contribution in [2.45, 2.75) is 13.5 Å². The molecule has 0 spiro atoms. The van der Waals surface area contributed by atoms with E-state index >= 15 is 0 Å². The van der Waals surface area contributed by atoms with E-state index in [0.717, 1.165) is 16.1 Å². The van der Waals surface area contributed by atoms with E-state index in [1.807, 2.05) is 18.4 Å². The highest BCUT2D eigenvalue weighted by Gasteiger charge is 2.15. The molecule has 2 rings (SSSR count). The van der Waals surface area contributed by atoms with Crippen LogP contribution in [0.1, 0.15) is 26.5 Å². The van der Waals surface area contributed by atoms with Crippen LogP contribution >= 0.6 is 11.3 Å². The number of aromatic nitrogens is 1. The second kappa shape index (κ2) is 7.02. The minimum atomic E-state index is -0.149. The van der Waals surface area contributed by atoms with Gasteiger partial charge in [0.15, 0.2) is 0 Å². The number of thiophene rings is 1. The summed E-state index contributed by atoms with van der Waals surface area (Å²) in [5.41, 5.74) is 2.22. The Labute approximate surface area is 128 Å². The van der Waals surface area contributed by atoms with E-state index in [1.54, 1.807) is 41.6 Å². The van der Waals surface area contributed by atoms with Gasteiger partial charge in [0.1, 0.15) is 6.61 Å². The Morgan fingerprint density at radius 1 is 1.52 bits per heavy atom. The predicted molar refractivity (Wildman–Crippen MR) is 83.1 cm³/mol. The molecule has 0 aromatic carbocycles. The number of aryl methyl sites for hydroxylation is 1. The van der Waals surface area contributed by atoms with Gasteiger partial charge in [-0.15, -0.1) is 11.3 Å². The molecule has 1 amide bonds. The molecular weight excluding hydrogens is 284 g/mol. The molecule has 0 saturated carbocycles. The van der Waals surface area contributed by atoms with Crippen molar-refractivity contribution in [3.63, 3.8) is 0 Å². The number of aliphatic hydroxyl groups is 1. The first-order chi connectivity index (χ1) is 10.1. The Hall–Kier alpha value is -2.16. The van der Waals surface area contributed by atoms with E-state index in [0.29, 0.717) is 12.1 Å². The van der Waals surface area contributed by atoms with Crippen LogP contribution in [0, 0.1) is 18.8 Å². The van der Waals surface area contributed by atoms with Gasteiger partial charge >= 0.3 is 0 Å². The standard InChI is InChI=1S/C16H16N2O2S/c1-12-15(6-3-7-17-12)16(20)18(2)10-14-9-13(11-21-14)5-4-8-19/h3,6-7,9,11,19H,8,10H2,1-2H3. The van der Waals surface area contributed by atoms with E-state index in [4.69, 9.17) is 5.11 Å². The third-order valence-corrected chi connectivity index (χ3v) is 3.86. The van der Waals surface area contributed by atoms with E-state index in [1.165, 1.54) is 0 Å². The number of hydrogen-bond acceptors (Lipinski definition) is 4. The Bertz CT molecular complexity index is 698. The van der Waals surface area contributed by atoms with E-state index in [2.05, 4.69) is 16.8 Å². The molecule has 108 valence electrons. The van der Waals surface area contributed by atoms with Crippen molar-refractivity contribution in [3.8, 4) is 11.8 Å². The third kappa shape index (κ3) is 3.91. The molecule has 5 heteroatoms. The first kappa shape index (κ1) is 15.2. The van der Waals surface area contributed by atoms with Crippen molar-refractivity contribution in [1.82, 2.24) is 9.88 Å². The molecule has 0 bridgehead atoms. The minimum Gasteiger partial charge on any atom is -0.384 e. The van der Waals surface area contributed by atoms with Gasteiger partial charge in [0.25, 0.3) is 5.91 Å². The Morgan fingerprint density at radius 3 is 3.05 bits per heavy atom. The molecule has 0 aliphatic heterocycles. The molecule has 2 heterocycles. The highest BCUT2D eigenvalue weighted by molar-refractivity contribution is 7.10. The van der Waals surface area contributed by atoms with Gasteiger partial charge in [-0.2, -0.15) is 0 Å². The second-order valence-electron chi connectivity index (χ2n) is 4.56. The van der Waals surface area contributed by atoms with Gasteiger partial charge in [0.05, 0.1) is 12.1 Å². The van der Waals surface area contributed by atoms with E-state index < -0.39 is 0 Å². The summed E-state index contributed by atoms with van der Waals surface area (Å²) in [6.07, 6.45) is 1.68. The molecule has 0 unspecified atom stereocenters. The molecule has 0 saturated heterocycles. The topological polar surface area (TPSA) is 53.4 Å². The lowest BCUT2D eigenvalue weighted by molar-refractivity contribution is 0.0785. The largest absolute Gasteiger partial charge is 0.384 e. The molecule has 0 aliphatic rings. The average molecular weight is 300 g/mol. The fourth-order valence-electron chi connectivity index (χ4n) is 1.89. The van der Waals surface area contributed by atoms with Gasteiger partial charge in [0, 0.05) is 34.8 Å². The molecule has 0 atom stereocenters. The molecule has 0 fully saturated rings. The van der Waals surface area contributed by atoms with Crippen molar-refractivity contribution in [2.75, 3.05) is 13.7 Å². The maximum Gasteiger partial charge on any atom is 0.255 e. The highest BCUT2D eigenvalue weighted by Crippen LogP contribution is 2.17. The monoisotopic (exact) mass is 300 g/mol. The SMILES string of the molecule is Cc1ncccc1C(=O)N(C)Cc1cc(C#CCO)cs1. The first-order valence-electron chi connectivity index (χ1n) is 6.46. The molecule has 0 aliphatic carbocycles. The summed E-state index contributed by atoms with van der Waals surface area (Å²) >= 11 is 1.55. The number of nitrogens with zero attached hydrogens (tertiary/aromatic N) is 2. The van der Waals surface area contributed by atoms with Crippen molar-refractivity contribution in [1.29, 1.82) is 0 Å². The number of carbonyl (C=O) groups is 1. The molecule has 0 radical (unpaired) electrons. The smallest absolute Gasteiger partial charge is 0.255 e. The third-order valence-electron chi connectivity index (χ3n) is 2.94. The van der Waals surface area contributed by atoms with Crippen molar-refractivity contribution in [3.05, 3.63) is 51.5 Å². The first-order valence-corrected chi connectivity index (χ1v) is 7.34. The summed E-state index contributed by atoms with van der Waals surface area (Å²) in [7, 11) is 1.77. The number of hydrogen-bond donors (Lipinski definition) is 1. The normalized spacial score (nSPS) is 9.86. The summed E-state index contributed by atoms with van der Waals surface area (Å²) < 4.78 is 0.